The van der Waals surface area contributed by atoms with Gasteiger partial charge in [0.15, 0.2) is 0 Å². The lowest BCUT2D eigenvalue weighted by Crippen LogP contribution is -1.91. The van der Waals surface area contributed by atoms with Crippen molar-refractivity contribution in [3.63, 3.8) is 0 Å². The van der Waals surface area contributed by atoms with Gasteiger partial charge in [0, 0.05) is 12.4 Å². The van der Waals surface area contributed by atoms with E-state index in [2.05, 4.69) is 26.2 Å². The lowest BCUT2D eigenvalue weighted by molar-refractivity contribution is 0.368. The van der Waals surface area contributed by atoms with Crippen molar-refractivity contribution in [3.05, 3.63) is 24.5 Å². The first kappa shape index (κ1) is 10.8. The quantitative estimate of drug-likeness (QED) is 0.796. The Morgan fingerprint density at radius 3 is 2.83 bits per heavy atom. The van der Waals surface area contributed by atoms with Crippen molar-refractivity contribution >= 4 is 0 Å². The van der Waals surface area contributed by atoms with Gasteiger partial charge in [0.05, 0.1) is 24.1 Å². The predicted octanol–water partition coefficient (Wildman–Crippen LogP) is 1.79. The van der Waals surface area contributed by atoms with Crippen molar-refractivity contribution < 1.29 is 4.52 Å². The SMILES string of the molecule is CC1(C)C(C#N)C1c1nc(-c2cnccn2)no1. The monoisotopic (exact) mass is 241 g/mol. The van der Waals surface area contributed by atoms with Crippen LogP contribution in [0.2, 0.25) is 0 Å². The van der Waals surface area contributed by atoms with E-state index in [1.54, 1.807) is 18.6 Å². The van der Waals surface area contributed by atoms with Crippen LogP contribution >= 0.6 is 0 Å². The molecule has 1 aliphatic rings. The minimum Gasteiger partial charge on any atom is -0.339 e. The predicted molar refractivity (Wildman–Crippen MR) is 60.9 cm³/mol. The second kappa shape index (κ2) is 3.60. The summed E-state index contributed by atoms with van der Waals surface area (Å²) >= 11 is 0. The van der Waals surface area contributed by atoms with Crippen LogP contribution in [0.15, 0.2) is 23.1 Å². The third-order valence-corrected chi connectivity index (χ3v) is 3.47. The largest absolute Gasteiger partial charge is 0.339 e. The van der Waals surface area contributed by atoms with Gasteiger partial charge in [-0.15, -0.1) is 0 Å². The first-order valence-corrected chi connectivity index (χ1v) is 5.64. The van der Waals surface area contributed by atoms with Gasteiger partial charge in [-0.05, 0) is 5.41 Å². The Kier molecular flexibility index (Phi) is 2.17. The fourth-order valence-corrected chi connectivity index (χ4v) is 2.22. The van der Waals surface area contributed by atoms with E-state index in [0.29, 0.717) is 17.4 Å². The molecule has 2 aromatic heterocycles. The zero-order valence-corrected chi connectivity index (χ0v) is 10.0. The molecule has 2 aromatic rings. The summed E-state index contributed by atoms with van der Waals surface area (Å²) in [4.78, 5) is 12.4. The Balaban J connectivity index is 1.91. The lowest BCUT2D eigenvalue weighted by atomic mass is 10.1. The van der Waals surface area contributed by atoms with Crippen LogP contribution in [0.4, 0.5) is 0 Å². The molecule has 90 valence electrons. The molecule has 2 unspecified atom stereocenters. The number of rotatable bonds is 2. The Hall–Kier alpha value is -2.29. The fraction of sp³-hybridized carbons (Fsp3) is 0.417. The van der Waals surface area contributed by atoms with Crippen LogP contribution < -0.4 is 0 Å². The molecule has 2 heterocycles. The molecule has 1 saturated carbocycles. The van der Waals surface area contributed by atoms with Crippen LogP contribution in [-0.2, 0) is 0 Å². The molecule has 1 fully saturated rings. The maximum Gasteiger partial charge on any atom is 0.232 e. The summed E-state index contributed by atoms with van der Waals surface area (Å²) in [5.41, 5.74) is 0.473. The molecule has 0 bridgehead atoms. The summed E-state index contributed by atoms with van der Waals surface area (Å²) in [7, 11) is 0. The lowest BCUT2D eigenvalue weighted by Gasteiger charge is -1.95. The summed E-state index contributed by atoms with van der Waals surface area (Å²) in [6.45, 7) is 4.05. The van der Waals surface area contributed by atoms with Crippen LogP contribution in [0.5, 0.6) is 0 Å². The van der Waals surface area contributed by atoms with Gasteiger partial charge in [-0.2, -0.15) is 10.2 Å². The summed E-state index contributed by atoms with van der Waals surface area (Å²) in [5.74, 6) is 0.873. The highest BCUT2D eigenvalue weighted by Crippen LogP contribution is 2.63. The second-order valence-electron chi connectivity index (χ2n) is 4.95. The minimum absolute atomic E-state index is 0.0143. The average molecular weight is 241 g/mol. The topological polar surface area (TPSA) is 88.5 Å². The van der Waals surface area contributed by atoms with Gasteiger partial charge >= 0.3 is 0 Å². The van der Waals surface area contributed by atoms with Crippen molar-refractivity contribution in [2.45, 2.75) is 19.8 Å². The Bertz CT molecular complexity index is 613. The molecule has 3 rings (SSSR count). The molecular weight excluding hydrogens is 230 g/mol. The summed E-state index contributed by atoms with van der Waals surface area (Å²) in [6, 6.07) is 2.27. The third kappa shape index (κ3) is 1.48. The molecule has 0 aromatic carbocycles. The van der Waals surface area contributed by atoms with Gasteiger partial charge in [-0.25, -0.2) is 4.98 Å². The van der Waals surface area contributed by atoms with Crippen molar-refractivity contribution in [3.8, 4) is 17.6 Å². The molecule has 6 heteroatoms. The zero-order valence-electron chi connectivity index (χ0n) is 10.0. The second-order valence-corrected chi connectivity index (χ2v) is 4.95. The van der Waals surface area contributed by atoms with Gasteiger partial charge < -0.3 is 4.52 Å². The van der Waals surface area contributed by atoms with Crippen LogP contribution in [0, 0.1) is 22.7 Å². The molecule has 18 heavy (non-hydrogen) atoms. The highest BCUT2D eigenvalue weighted by atomic mass is 16.5. The maximum absolute atomic E-state index is 9.04. The molecule has 0 radical (unpaired) electrons. The van der Waals surface area contributed by atoms with E-state index in [9.17, 15) is 0 Å². The highest BCUT2D eigenvalue weighted by Gasteiger charge is 2.62. The van der Waals surface area contributed by atoms with Gasteiger partial charge in [0.2, 0.25) is 11.7 Å². The van der Waals surface area contributed by atoms with Crippen LogP contribution in [0.1, 0.15) is 25.7 Å². The maximum atomic E-state index is 9.04. The number of nitriles is 1. The number of nitrogens with zero attached hydrogens (tertiary/aromatic N) is 5. The molecule has 1 aliphatic carbocycles. The summed E-state index contributed by atoms with van der Waals surface area (Å²) in [5, 5.41) is 12.9. The average Bonchev–Trinajstić information content (AvgIpc) is 2.77. The fourth-order valence-electron chi connectivity index (χ4n) is 2.22. The molecule has 0 saturated heterocycles. The van der Waals surface area contributed by atoms with Crippen LogP contribution in [0.25, 0.3) is 11.5 Å². The first-order chi connectivity index (χ1) is 8.64. The standard InChI is InChI=1S/C12H11N5O/c1-12(2)7(5-13)9(12)11-16-10(17-18-11)8-6-14-3-4-15-8/h3-4,6-7,9H,1-2H3. The van der Waals surface area contributed by atoms with Crippen molar-refractivity contribution in [1.82, 2.24) is 20.1 Å². The smallest absolute Gasteiger partial charge is 0.232 e. The van der Waals surface area contributed by atoms with Gasteiger partial charge in [-0.1, -0.05) is 19.0 Å². The van der Waals surface area contributed by atoms with E-state index in [1.807, 2.05) is 13.8 Å². The van der Waals surface area contributed by atoms with Crippen molar-refractivity contribution in [1.29, 1.82) is 5.26 Å². The Morgan fingerprint density at radius 2 is 2.22 bits per heavy atom. The summed E-state index contributed by atoms with van der Waals surface area (Å²) < 4.78 is 5.23. The third-order valence-electron chi connectivity index (χ3n) is 3.47. The zero-order chi connectivity index (χ0) is 12.8. The number of hydrogen-bond acceptors (Lipinski definition) is 6. The molecule has 6 nitrogen and oxygen atoms in total. The van der Waals surface area contributed by atoms with E-state index in [-0.39, 0.29) is 17.3 Å². The van der Waals surface area contributed by atoms with Gasteiger partial charge in [0.1, 0.15) is 5.69 Å². The number of hydrogen-bond donors (Lipinski definition) is 0. The Morgan fingerprint density at radius 1 is 1.39 bits per heavy atom. The van der Waals surface area contributed by atoms with E-state index in [4.69, 9.17) is 9.78 Å². The summed E-state index contributed by atoms with van der Waals surface area (Å²) in [6.07, 6.45) is 4.74. The highest BCUT2D eigenvalue weighted by molar-refractivity contribution is 5.46. The van der Waals surface area contributed by atoms with Gasteiger partial charge in [-0.3, -0.25) is 4.98 Å². The van der Waals surface area contributed by atoms with E-state index in [1.165, 1.54) is 0 Å². The van der Waals surface area contributed by atoms with E-state index in [0.717, 1.165) is 0 Å². The van der Waals surface area contributed by atoms with Crippen LogP contribution in [-0.4, -0.2) is 20.1 Å². The molecule has 0 N–H and O–H groups in total. The normalized spacial score (nSPS) is 24.5. The van der Waals surface area contributed by atoms with Crippen molar-refractivity contribution in [2.75, 3.05) is 0 Å². The molecule has 0 amide bonds. The van der Waals surface area contributed by atoms with Crippen molar-refractivity contribution in [2.24, 2.45) is 11.3 Å². The first-order valence-electron chi connectivity index (χ1n) is 5.64. The molecular formula is C12H11N5O. The van der Waals surface area contributed by atoms with E-state index >= 15 is 0 Å². The van der Waals surface area contributed by atoms with Gasteiger partial charge in [0.25, 0.3) is 0 Å². The number of aromatic nitrogens is 4. The minimum atomic E-state index is -0.0963. The van der Waals surface area contributed by atoms with E-state index < -0.39 is 0 Å². The van der Waals surface area contributed by atoms with Crippen LogP contribution in [0.3, 0.4) is 0 Å². The molecule has 2 atom stereocenters. The molecule has 0 spiro atoms. The molecule has 0 aliphatic heterocycles. The Labute approximate surface area is 104 Å².